The fourth-order valence-electron chi connectivity index (χ4n) is 1.99. The summed E-state index contributed by atoms with van der Waals surface area (Å²) in [5.74, 6) is -1.52. The number of benzene rings is 1. The highest BCUT2D eigenvalue weighted by Crippen LogP contribution is 2.17. The Morgan fingerprint density at radius 3 is 2.79 bits per heavy atom. The number of nitrogens with one attached hydrogen (secondary N) is 3. The second-order valence-corrected chi connectivity index (χ2v) is 5.15. The second-order valence-electron chi connectivity index (χ2n) is 4.75. The van der Waals surface area contributed by atoms with Gasteiger partial charge < -0.3 is 15.8 Å². The molecule has 128 valence electrons. The van der Waals surface area contributed by atoms with Gasteiger partial charge in [0.2, 0.25) is 0 Å². The molecule has 4 N–H and O–H groups in total. The summed E-state index contributed by atoms with van der Waals surface area (Å²) in [5, 5.41) is 14.7. The molecule has 0 radical (unpaired) electrons. The number of hydrogen-bond donors (Lipinski definition) is 4. The van der Waals surface area contributed by atoms with E-state index in [2.05, 4.69) is 15.6 Å². The van der Waals surface area contributed by atoms with Crippen LogP contribution in [0.5, 0.6) is 0 Å². The summed E-state index contributed by atoms with van der Waals surface area (Å²) in [7, 11) is 0. The number of aromatic nitrogens is 2. The molecule has 0 aliphatic carbocycles. The van der Waals surface area contributed by atoms with Gasteiger partial charge in [0, 0.05) is 18.1 Å². The average molecular weight is 357 g/mol. The Balaban J connectivity index is 2.33. The van der Waals surface area contributed by atoms with Crippen LogP contribution in [0.2, 0.25) is 5.02 Å². The predicted octanol–water partition coefficient (Wildman–Crippen LogP) is 0.928. The largest absolute Gasteiger partial charge is 0.421 e. The molecule has 1 heterocycles. The minimum atomic E-state index is -1.18. The molecule has 10 heteroatoms. The van der Waals surface area contributed by atoms with Crippen LogP contribution in [0.3, 0.4) is 0 Å². The molecule has 2 aromatic rings. The van der Waals surface area contributed by atoms with Crippen molar-refractivity contribution in [1.29, 1.82) is 0 Å². The third-order valence-corrected chi connectivity index (χ3v) is 3.48. The van der Waals surface area contributed by atoms with E-state index in [1.54, 1.807) is 6.92 Å². The van der Waals surface area contributed by atoms with Crippen LogP contribution >= 0.6 is 11.6 Å². The SMILES string of the molecule is CCNc1[nH]c(=O)n(O)c(=O)c1C(=O)NCc1cc(F)ccc1Cl. The first-order chi connectivity index (χ1) is 11.3. The van der Waals surface area contributed by atoms with Crippen molar-refractivity contribution >= 4 is 23.3 Å². The van der Waals surface area contributed by atoms with Crippen molar-refractivity contribution in [3.05, 3.63) is 61.0 Å². The van der Waals surface area contributed by atoms with E-state index < -0.39 is 28.5 Å². The lowest BCUT2D eigenvalue weighted by atomic mass is 10.2. The summed E-state index contributed by atoms with van der Waals surface area (Å²) >= 11 is 5.90. The number of nitrogens with zero attached hydrogens (tertiary/aromatic N) is 1. The number of anilines is 1. The summed E-state index contributed by atoms with van der Waals surface area (Å²) in [6.45, 7) is 1.86. The molecule has 0 unspecified atom stereocenters. The molecule has 1 aromatic heterocycles. The minimum absolute atomic E-state index is 0.124. The highest BCUT2D eigenvalue weighted by molar-refractivity contribution is 6.31. The van der Waals surface area contributed by atoms with Gasteiger partial charge in [-0.05, 0) is 30.7 Å². The number of carbonyl (C=O) groups excluding carboxylic acids is 1. The molecule has 0 aliphatic rings. The zero-order valence-corrected chi connectivity index (χ0v) is 13.3. The Labute approximate surface area is 139 Å². The Morgan fingerprint density at radius 1 is 1.42 bits per heavy atom. The van der Waals surface area contributed by atoms with E-state index in [0.717, 1.165) is 6.07 Å². The summed E-state index contributed by atoms with van der Waals surface area (Å²) in [6.07, 6.45) is 0. The van der Waals surface area contributed by atoms with E-state index in [-0.39, 0.29) is 22.1 Å². The number of halogens is 2. The zero-order valence-electron chi connectivity index (χ0n) is 12.5. The number of H-pyrrole nitrogens is 1. The Morgan fingerprint density at radius 2 is 2.12 bits per heavy atom. The van der Waals surface area contributed by atoms with E-state index in [4.69, 9.17) is 11.6 Å². The number of rotatable bonds is 5. The van der Waals surface area contributed by atoms with Crippen molar-refractivity contribution in [3.63, 3.8) is 0 Å². The maximum absolute atomic E-state index is 13.2. The van der Waals surface area contributed by atoms with Gasteiger partial charge in [0.15, 0.2) is 0 Å². The van der Waals surface area contributed by atoms with Crippen LogP contribution in [-0.2, 0) is 6.54 Å². The van der Waals surface area contributed by atoms with Crippen molar-refractivity contribution < 1.29 is 14.4 Å². The average Bonchev–Trinajstić information content (AvgIpc) is 2.54. The first-order valence-electron chi connectivity index (χ1n) is 6.89. The van der Waals surface area contributed by atoms with Crippen LogP contribution in [0, 0.1) is 5.82 Å². The Bertz CT molecular complexity index is 893. The van der Waals surface area contributed by atoms with Gasteiger partial charge in [-0.15, -0.1) is 0 Å². The van der Waals surface area contributed by atoms with Crippen molar-refractivity contribution in [2.24, 2.45) is 0 Å². The molecule has 0 fully saturated rings. The fourth-order valence-corrected chi connectivity index (χ4v) is 2.17. The van der Waals surface area contributed by atoms with E-state index >= 15 is 0 Å². The van der Waals surface area contributed by atoms with Gasteiger partial charge in [0.1, 0.15) is 17.2 Å². The molecule has 1 aromatic carbocycles. The lowest BCUT2D eigenvalue weighted by Gasteiger charge is -2.11. The highest BCUT2D eigenvalue weighted by atomic mass is 35.5. The molecule has 2 rings (SSSR count). The van der Waals surface area contributed by atoms with Crippen LogP contribution in [0.4, 0.5) is 10.2 Å². The highest BCUT2D eigenvalue weighted by Gasteiger charge is 2.20. The van der Waals surface area contributed by atoms with Crippen molar-refractivity contribution in [2.75, 3.05) is 11.9 Å². The van der Waals surface area contributed by atoms with E-state index in [9.17, 15) is 24.0 Å². The van der Waals surface area contributed by atoms with E-state index in [1.165, 1.54) is 12.1 Å². The summed E-state index contributed by atoms with van der Waals surface area (Å²) in [5.41, 5.74) is -2.44. The molecule has 1 amide bonds. The minimum Gasteiger partial charge on any atom is -0.421 e. The molecule has 0 bridgehead atoms. The summed E-state index contributed by atoms with van der Waals surface area (Å²) < 4.78 is 13.0. The summed E-state index contributed by atoms with van der Waals surface area (Å²) in [6, 6.07) is 3.65. The Kier molecular flexibility index (Phi) is 5.24. The Hall–Kier alpha value is -2.81. The third kappa shape index (κ3) is 3.57. The smallest absolute Gasteiger partial charge is 0.363 e. The van der Waals surface area contributed by atoms with Crippen molar-refractivity contribution in [2.45, 2.75) is 13.5 Å². The van der Waals surface area contributed by atoms with E-state index in [0.29, 0.717) is 12.1 Å². The first-order valence-corrected chi connectivity index (χ1v) is 7.27. The molecule has 0 atom stereocenters. The van der Waals surface area contributed by atoms with Gasteiger partial charge >= 0.3 is 11.2 Å². The fraction of sp³-hybridized carbons (Fsp3) is 0.214. The first kappa shape index (κ1) is 17.5. The van der Waals surface area contributed by atoms with Crippen molar-refractivity contribution in [3.8, 4) is 0 Å². The lowest BCUT2D eigenvalue weighted by Crippen LogP contribution is -2.41. The number of hydrogen-bond acceptors (Lipinski definition) is 5. The van der Waals surface area contributed by atoms with Crippen LogP contribution in [0.1, 0.15) is 22.8 Å². The van der Waals surface area contributed by atoms with Crippen molar-refractivity contribution in [1.82, 2.24) is 15.0 Å². The number of amides is 1. The quantitative estimate of drug-likeness (QED) is 0.595. The predicted molar refractivity (Wildman–Crippen MR) is 85.3 cm³/mol. The zero-order chi connectivity index (χ0) is 17.9. The van der Waals surface area contributed by atoms with Gasteiger partial charge in [-0.3, -0.25) is 14.6 Å². The number of aromatic amines is 1. The van der Waals surface area contributed by atoms with Gasteiger partial charge in [-0.1, -0.05) is 16.3 Å². The van der Waals surface area contributed by atoms with Gasteiger partial charge in [-0.2, -0.15) is 0 Å². The molecule has 0 spiro atoms. The van der Waals surface area contributed by atoms with Crippen LogP contribution in [0.15, 0.2) is 27.8 Å². The molecule has 0 saturated heterocycles. The molecule has 8 nitrogen and oxygen atoms in total. The lowest BCUT2D eigenvalue weighted by molar-refractivity contribution is 0.0940. The second kappa shape index (κ2) is 7.18. The van der Waals surface area contributed by atoms with Crippen LogP contribution in [-0.4, -0.2) is 27.4 Å². The topological polar surface area (TPSA) is 116 Å². The van der Waals surface area contributed by atoms with Crippen LogP contribution in [0.25, 0.3) is 0 Å². The molecule has 0 aliphatic heterocycles. The van der Waals surface area contributed by atoms with E-state index in [1.807, 2.05) is 0 Å². The molecule has 24 heavy (non-hydrogen) atoms. The third-order valence-electron chi connectivity index (χ3n) is 3.11. The molecular formula is C14H14ClFN4O4. The van der Waals surface area contributed by atoms with Gasteiger partial charge in [0.05, 0.1) is 0 Å². The number of carbonyl (C=O) groups is 1. The molecule has 0 saturated carbocycles. The van der Waals surface area contributed by atoms with Gasteiger partial charge in [-0.25, -0.2) is 9.18 Å². The standard InChI is InChI=1S/C14H14ClFN4O4/c1-2-17-11-10(13(22)20(24)14(23)19-11)12(21)18-6-7-5-8(16)3-4-9(7)15/h3-5,17,24H,2,6H2,1H3,(H,18,21)(H,19,23). The molecular weight excluding hydrogens is 343 g/mol. The monoisotopic (exact) mass is 356 g/mol. The maximum atomic E-state index is 13.2. The van der Waals surface area contributed by atoms with Gasteiger partial charge in [0.25, 0.3) is 5.91 Å². The maximum Gasteiger partial charge on any atom is 0.363 e. The van der Waals surface area contributed by atoms with Crippen LogP contribution < -0.4 is 21.9 Å². The summed E-state index contributed by atoms with van der Waals surface area (Å²) in [4.78, 5) is 37.8. The normalized spacial score (nSPS) is 10.5.